The minimum Gasteiger partial charge on any atom is -0.455 e. The van der Waals surface area contributed by atoms with Gasteiger partial charge in [-0.3, -0.25) is 0 Å². The molecule has 2 heteroatoms. The van der Waals surface area contributed by atoms with Crippen LogP contribution in [0.2, 0.25) is 0 Å². The van der Waals surface area contributed by atoms with Gasteiger partial charge in [-0.2, -0.15) is 0 Å². The molecule has 1 aliphatic rings. The number of benzene rings is 9. The van der Waals surface area contributed by atoms with Gasteiger partial charge in [0.25, 0.3) is 0 Å². The molecule has 2 nitrogen and oxygen atoms in total. The molecule has 0 saturated heterocycles. The van der Waals surface area contributed by atoms with Crippen molar-refractivity contribution in [1.29, 1.82) is 0 Å². The predicted molar refractivity (Wildman–Crippen MR) is 240 cm³/mol. The monoisotopic (exact) mass is 729 g/mol. The molecule has 0 spiro atoms. The van der Waals surface area contributed by atoms with Crippen LogP contribution >= 0.6 is 0 Å². The van der Waals surface area contributed by atoms with Gasteiger partial charge in [0.05, 0.1) is 5.69 Å². The van der Waals surface area contributed by atoms with Gasteiger partial charge in [-0.15, -0.1) is 0 Å². The van der Waals surface area contributed by atoms with Crippen LogP contribution in [0.4, 0.5) is 17.1 Å². The van der Waals surface area contributed by atoms with Gasteiger partial charge in [0.2, 0.25) is 0 Å². The number of fused-ring (bicyclic) bond motifs is 8. The summed E-state index contributed by atoms with van der Waals surface area (Å²) in [6.45, 7) is 4.72. The summed E-state index contributed by atoms with van der Waals surface area (Å²) in [5, 5.41) is 4.46. The number of hydrogen-bond acceptors (Lipinski definition) is 2. The summed E-state index contributed by atoms with van der Waals surface area (Å²) < 4.78 is 6.78. The van der Waals surface area contributed by atoms with E-state index in [9.17, 15) is 0 Å². The molecule has 0 amide bonds. The predicted octanol–water partition coefficient (Wildman–Crippen LogP) is 15.5. The second kappa shape index (κ2) is 13.0. The topological polar surface area (TPSA) is 16.4 Å². The van der Waals surface area contributed by atoms with Gasteiger partial charge in [0.1, 0.15) is 11.2 Å². The molecule has 1 aliphatic carbocycles. The third-order valence-corrected chi connectivity index (χ3v) is 12.1. The largest absolute Gasteiger partial charge is 0.455 e. The molecule has 0 radical (unpaired) electrons. The number of hydrogen-bond donors (Lipinski definition) is 0. The number of para-hydroxylation sites is 1. The molecule has 57 heavy (non-hydrogen) atoms. The van der Waals surface area contributed by atoms with Crippen molar-refractivity contribution in [2.75, 3.05) is 4.90 Å². The summed E-state index contributed by atoms with van der Waals surface area (Å²) in [5.41, 5.74) is 17.4. The SMILES string of the molecule is CC1(C)c2ccccc2-c2ccc(N(c3ccc(-c4ccc(-c5ccccc5)cc4)cc3)c3c(-c4ccccc4)c4c5ccccc5oc4c4ccccc34)cc21. The lowest BCUT2D eigenvalue weighted by Crippen LogP contribution is -2.17. The van der Waals surface area contributed by atoms with Gasteiger partial charge in [-0.1, -0.05) is 184 Å². The summed E-state index contributed by atoms with van der Waals surface area (Å²) in [5.74, 6) is 0. The van der Waals surface area contributed by atoms with E-state index < -0.39 is 0 Å². The third kappa shape index (κ3) is 5.25. The molecule has 9 aromatic carbocycles. The van der Waals surface area contributed by atoms with Crippen LogP contribution in [0.3, 0.4) is 0 Å². The minimum atomic E-state index is -0.154. The molecule has 0 bridgehead atoms. The van der Waals surface area contributed by atoms with Gasteiger partial charge in [0, 0.05) is 43.9 Å². The number of anilines is 3. The summed E-state index contributed by atoms with van der Waals surface area (Å²) in [4.78, 5) is 2.49. The Morgan fingerprint density at radius 3 is 1.61 bits per heavy atom. The molecule has 270 valence electrons. The second-order valence-corrected chi connectivity index (χ2v) is 15.7. The molecule has 10 aromatic rings. The number of furan rings is 1. The van der Waals surface area contributed by atoms with Gasteiger partial charge < -0.3 is 9.32 Å². The lowest BCUT2D eigenvalue weighted by atomic mass is 9.82. The Hall–Kier alpha value is -7.16. The molecule has 1 heterocycles. The fourth-order valence-electron chi connectivity index (χ4n) is 9.27. The average molecular weight is 730 g/mol. The van der Waals surface area contributed by atoms with Crippen LogP contribution in [0.15, 0.2) is 205 Å². The highest BCUT2D eigenvalue weighted by Crippen LogP contribution is 2.54. The molecule has 0 aliphatic heterocycles. The van der Waals surface area contributed by atoms with E-state index in [1.807, 2.05) is 0 Å². The Labute approximate surface area is 332 Å². The normalized spacial score (nSPS) is 12.9. The van der Waals surface area contributed by atoms with Crippen LogP contribution in [0.25, 0.3) is 77.2 Å². The van der Waals surface area contributed by atoms with Crippen molar-refractivity contribution >= 4 is 49.8 Å². The maximum atomic E-state index is 6.78. The maximum Gasteiger partial charge on any atom is 0.144 e. The molecular formula is C55H39NO. The molecular weight excluding hydrogens is 691 g/mol. The van der Waals surface area contributed by atoms with Crippen LogP contribution in [0.1, 0.15) is 25.0 Å². The van der Waals surface area contributed by atoms with Crippen LogP contribution < -0.4 is 4.90 Å². The van der Waals surface area contributed by atoms with Gasteiger partial charge in [0.15, 0.2) is 0 Å². The summed E-state index contributed by atoms with van der Waals surface area (Å²) >= 11 is 0. The summed E-state index contributed by atoms with van der Waals surface area (Å²) in [6.07, 6.45) is 0. The Morgan fingerprint density at radius 2 is 0.912 bits per heavy atom. The molecule has 0 N–H and O–H groups in total. The Morgan fingerprint density at radius 1 is 0.404 bits per heavy atom. The zero-order valence-electron chi connectivity index (χ0n) is 31.9. The minimum absolute atomic E-state index is 0.154. The van der Waals surface area contributed by atoms with Gasteiger partial charge in [-0.25, -0.2) is 0 Å². The molecule has 0 fully saturated rings. The second-order valence-electron chi connectivity index (χ2n) is 15.7. The highest BCUT2D eigenvalue weighted by molar-refractivity contribution is 6.27. The van der Waals surface area contributed by atoms with E-state index in [1.165, 1.54) is 44.5 Å². The van der Waals surface area contributed by atoms with Crippen molar-refractivity contribution < 1.29 is 4.42 Å². The Balaban J connectivity index is 1.18. The van der Waals surface area contributed by atoms with Crippen LogP contribution in [0, 0.1) is 0 Å². The van der Waals surface area contributed by atoms with E-state index in [0.717, 1.165) is 60.9 Å². The number of nitrogens with zero attached hydrogens (tertiary/aromatic N) is 1. The van der Waals surface area contributed by atoms with E-state index in [2.05, 4.69) is 219 Å². The smallest absolute Gasteiger partial charge is 0.144 e. The fraction of sp³-hybridized carbons (Fsp3) is 0.0545. The van der Waals surface area contributed by atoms with E-state index in [4.69, 9.17) is 4.42 Å². The van der Waals surface area contributed by atoms with Crippen LogP contribution in [0.5, 0.6) is 0 Å². The van der Waals surface area contributed by atoms with E-state index >= 15 is 0 Å². The first-order chi connectivity index (χ1) is 28.0. The maximum absolute atomic E-state index is 6.78. The first kappa shape index (κ1) is 33.2. The summed E-state index contributed by atoms with van der Waals surface area (Å²) in [6, 6.07) is 72.6. The quantitative estimate of drug-likeness (QED) is 0.169. The molecule has 11 rings (SSSR count). The first-order valence-electron chi connectivity index (χ1n) is 19.8. The highest BCUT2D eigenvalue weighted by atomic mass is 16.3. The van der Waals surface area contributed by atoms with Crippen molar-refractivity contribution in [3.05, 3.63) is 211 Å². The van der Waals surface area contributed by atoms with Crippen LogP contribution in [-0.2, 0) is 5.41 Å². The molecule has 0 atom stereocenters. The average Bonchev–Trinajstić information content (AvgIpc) is 3.77. The lowest BCUT2D eigenvalue weighted by molar-refractivity contribution is 0.660. The first-order valence-corrected chi connectivity index (χ1v) is 19.8. The zero-order valence-corrected chi connectivity index (χ0v) is 31.9. The number of rotatable bonds is 6. The standard InChI is InChI=1S/C55H39NO/c1-55(2)48-23-13-11-19-43(48)44-34-33-42(35-49(44)55)56(41-31-29-39(30-32-41)38-27-25-37(26-28-38)36-15-5-3-6-16-36)53-45-20-9-10-21-46(45)54-52(47-22-12-14-24-50(47)57-54)51(53)40-17-7-4-8-18-40/h3-35H,1-2H3. The Bertz CT molecular complexity index is 3120. The lowest BCUT2D eigenvalue weighted by Gasteiger charge is -2.31. The van der Waals surface area contributed by atoms with Crippen molar-refractivity contribution in [3.8, 4) is 44.5 Å². The van der Waals surface area contributed by atoms with E-state index in [-0.39, 0.29) is 5.41 Å². The van der Waals surface area contributed by atoms with Crippen molar-refractivity contribution in [1.82, 2.24) is 0 Å². The van der Waals surface area contributed by atoms with Gasteiger partial charge in [-0.05, 0) is 80.4 Å². The Kier molecular flexibility index (Phi) is 7.55. The highest BCUT2D eigenvalue weighted by Gasteiger charge is 2.36. The van der Waals surface area contributed by atoms with E-state index in [1.54, 1.807) is 0 Å². The molecule has 0 unspecified atom stereocenters. The molecule has 1 aromatic heterocycles. The fourth-order valence-corrected chi connectivity index (χ4v) is 9.27. The van der Waals surface area contributed by atoms with E-state index in [0.29, 0.717) is 0 Å². The van der Waals surface area contributed by atoms with Crippen molar-refractivity contribution in [2.24, 2.45) is 0 Å². The molecule has 0 saturated carbocycles. The van der Waals surface area contributed by atoms with Crippen molar-refractivity contribution in [3.63, 3.8) is 0 Å². The van der Waals surface area contributed by atoms with Crippen molar-refractivity contribution in [2.45, 2.75) is 19.3 Å². The zero-order chi connectivity index (χ0) is 38.1. The van der Waals surface area contributed by atoms with Crippen LogP contribution in [-0.4, -0.2) is 0 Å². The van der Waals surface area contributed by atoms with Gasteiger partial charge >= 0.3 is 0 Å². The summed E-state index contributed by atoms with van der Waals surface area (Å²) in [7, 11) is 0. The third-order valence-electron chi connectivity index (χ3n) is 12.1.